The molecule has 6 heteroatoms. The summed E-state index contributed by atoms with van der Waals surface area (Å²) in [6, 6.07) is 14.4. The van der Waals surface area contributed by atoms with Crippen molar-refractivity contribution in [3.8, 4) is 5.75 Å². The number of esters is 1. The smallest absolute Gasteiger partial charge is 0.326 e. The summed E-state index contributed by atoms with van der Waals surface area (Å²) in [5.41, 5.74) is 2.26. The number of para-hydroxylation sites is 2. The Kier molecular flexibility index (Phi) is 5.18. The van der Waals surface area contributed by atoms with E-state index >= 15 is 0 Å². The monoisotopic (exact) mass is 340 g/mol. The van der Waals surface area contributed by atoms with Crippen molar-refractivity contribution in [3.63, 3.8) is 0 Å². The van der Waals surface area contributed by atoms with Crippen LogP contribution in [0.2, 0.25) is 0 Å². The molecule has 25 heavy (non-hydrogen) atoms. The first-order valence-electron chi connectivity index (χ1n) is 8.22. The average molecular weight is 340 g/mol. The van der Waals surface area contributed by atoms with Gasteiger partial charge >= 0.3 is 12.0 Å². The minimum Gasteiger partial charge on any atom is -0.490 e. The number of ether oxygens (including phenoxy) is 2. The molecular weight excluding hydrogens is 320 g/mol. The van der Waals surface area contributed by atoms with E-state index in [0.29, 0.717) is 31.2 Å². The number of rotatable bonds is 4. The van der Waals surface area contributed by atoms with Gasteiger partial charge in [-0.15, -0.1) is 0 Å². The number of anilines is 2. The second kappa shape index (κ2) is 7.70. The Morgan fingerprint density at radius 1 is 1.16 bits per heavy atom. The van der Waals surface area contributed by atoms with Gasteiger partial charge in [0.2, 0.25) is 0 Å². The molecule has 0 saturated heterocycles. The molecular formula is C19H20N2O4. The van der Waals surface area contributed by atoms with Crippen LogP contribution in [-0.4, -0.2) is 31.8 Å². The van der Waals surface area contributed by atoms with Crippen LogP contribution in [0.1, 0.15) is 12.5 Å². The Morgan fingerprint density at radius 3 is 2.68 bits per heavy atom. The summed E-state index contributed by atoms with van der Waals surface area (Å²) in [7, 11) is 0. The van der Waals surface area contributed by atoms with Gasteiger partial charge in [-0.25, -0.2) is 4.79 Å². The van der Waals surface area contributed by atoms with Crippen molar-refractivity contribution in [1.29, 1.82) is 0 Å². The predicted molar refractivity (Wildman–Crippen MR) is 95.1 cm³/mol. The van der Waals surface area contributed by atoms with Crippen LogP contribution in [-0.2, 0) is 16.0 Å². The molecule has 1 heterocycles. The van der Waals surface area contributed by atoms with E-state index in [1.54, 1.807) is 36.1 Å². The molecule has 2 aromatic rings. The summed E-state index contributed by atoms with van der Waals surface area (Å²) in [6.45, 7) is 3.10. The van der Waals surface area contributed by atoms with E-state index in [1.165, 1.54) is 0 Å². The van der Waals surface area contributed by atoms with Gasteiger partial charge < -0.3 is 14.8 Å². The van der Waals surface area contributed by atoms with E-state index in [-0.39, 0.29) is 18.4 Å². The number of carbonyl (C=O) groups is 2. The summed E-state index contributed by atoms with van der Waals surface area (Å²) in [6.07, 6.45) is 0.221. The molecule has 0 atom stereocenters. The number of nitrogens with one attached hydrogen (secondary N) is 1. The molecule has 130 valence electrons. The number of fused-ring (bicyclic) bond motifs is 1. The molecule has 0 bridgehead atoms. The maximum absolute atomic E-state index is 12.6. The fourth-order valence-electron chi connectivity index (χ4n) is 2.66. The van der Waals surface area contributed by atoms with Crippen molar-refractivity contribution in [1.82, 2.24) is 0 Å². The van der Waals surface area contributed by atoms with Gasteiger partial charge in [0, 0.05) is 5.69 Å². The van der Waals surface area contributed by atoms with Gasteiger partial charge in [0.05, 0.1) is 25.3 Å². The summed E-state index contributed by atoms with van der Waals surface area (Å²) in [4.78, 5) is 25.7. The first-order chi connectivity index (χ1) is 12.2. The Balaban J connectivity index is 1.65. The molecule has 0 fully saturated rings. The van der Waals surface area contributed by atoms with Crippen molar-refractivity contribution in [2.45, 2.75) is 13.3 Å². The lowest BCUT2D eigenvalue weighted by Crippen LogP contribution is -2.40. The van der Waals surface area contributed by atoms with Gasteiger partial charge in [-0.1, -0.05) is 24.3 Å². The van der Waals surface area contributed by atoms with Crippen LogP contribution in [0.15, 0.2) is 48.5 Å². The molecule has 0 aliphatic carbocycles. The zero-order valence-corrected chi connectivity index (χ0v) is 14.0. The molecule has 3 rings (SSSR count). The van der Waals surface area contributed by atoms with Crippen molar-refractivity contribution in [2.75, 3.05) is 30.0 Å². The number of urea groups is 1. The first kappa shape index (κ1) is 16.8. The predicted octanol–water partition coefficient (Wildman–Crippen LogP) is 3.22. The lowest BCUT2D eigenvalue weighted by atomic mass is 10.1. The van der Waals surface area contributed by atoms with Crippen LogP contribution < -0.4 is 15.0 Å². The van der Waals surface area contributed by atoms with Crippen LogP contribution in [0, 0.1) is 0 Å². The molecule has 0 radical (unpaired) electrons. The van der Waals surface area contributed by atoms with Gasteiger partial charge in [0.15, 0.2) is 0 Å². The van der Waals surface area contributed by atoms with E-state index in [9.17, 15) is 9.59 Å². The topological polar surface area (TPSA) is 67.9 Å². The third-order valence-corrected chi connectivity index (χ3v) is 3.83. The van der Waals surface area contributed by atoms with E-state index in [1.807, 2.05) is 24.3 Å². The van der Waals surface area contributed by atoms with Gasteiger partial charge in [-0.2, -0.15) is 0 Å². The summed E-state index contributed by atoms with van der Waals surface area (Å²) >= 11 is 0. The number of carbonyl (C=O) groups excluding carboxylic acids is 2. The third-order valence-electron chi connectivity index (χ3n) is 3.83. The highest BCUT2D eigenvalue weighted by Gasteiger charge is 2.23. The Morgan fingerprint density at radius 2 is 1.92 bits per heavy atom. The van der Waals surface area contributed by atoms with Gasteiger partial charge in [-0.05, 0) is 36.8 Å². The number of nitrogens with zero attached hydrogens (tertiary/aromatic N) is 1. The molecule has 2 amide bonds. The van der Waals surface area contributed by atoms with Gasteiger partial charge in [0.1, 0.15) is 12.4 Å². The quantitative estimate of drug-likeness (QED) is 0.868. The van der Waals surface area contributed by atoms with E-state index in [0.717, 1.165) is 11.3 Å². The maximum Gasteiger partial charge on any atom is 0.326 e. The highest BCUT2D eigenvalue weighted by molar-refractivity contribution is 6.03. The summed E-state index contributed by atoms with van der Waals surface area (Å²) in [5.74, 6) is 0.442. The van der Waals surface area contributed by atoms with Crippen molar-refractivity contribution in [2.24, 2.45) is 0 Å². The van der Waals surface area contributed by atoms with Crippen molar-refractivity contribution >= 4 is 23.4 Å². The number of benzene rings is 2. The average Bonchev–Trinajstić information content (AvgIpc) is 2.63. The highest BCUT2D eigenvalue weighted by atomic mass is 16.5. The standard InChI is InChI=1S/C19H20N2O4/c1-2-24-18(22)13-14-7-9-15(10-8-14)20-19(23)21-11-12-25-17-6-4-3-5-16(17)21/h3-10H,2,11-13H2,1H3,(H,20,23). The van der Waals surface area contributed by atoms with Crippen molar-refractivity contribution < 1.29 is 19.1 Å². The van der Waals surface area contributed by atoms with Crippen LogP contribution in [0.5, 0.6) is 5.75 Å². The summed E-state index contributed by atoms with van der Waals surface area (Å²) in [5, 5.41) is 2.87. The van der Waals surface area contributed by atoms with Crippen LogP contribution in [0.4, 0.5) is 16.2 Å². The molecule has 0 spiro atoms. The second-order valence-electron chi connectivity index (χ2n) is 5.58. The molecule has 6 nitrogen and oxygen atoms in total. The van der Waals surface area contributed by atoms with E-state index in [4.69, 9.17) is 9.47 Å². The number of hydrogen-bond acceptors (Lipinski definition) is 4. The maximum atomic E-state index is 12.6. The minimum absolute atomic E-state index is 0.214. The fraction of sp³-hybridized carbons (Fsp3) is 0.263. The molecule has 2 aromatic carbocycles. The van der Waals surface area contributed by atoms with E-state index in [2.05, 4.69) is 5.32 Å². The van der Waals surface area contributed by atoms with Gasteiger partial charge in [-0.3, -0.25) is 9.69 Å². The molecule has 1 N–H and O–H groups in total. The van der Waals surface area contributed by atoms with Gasteiger partial charge in [0.25, 0.3) is 0 Å². The minimum atomic E-state index is -0.260. The summed E-state index contributed by atoms with van der Waals surface area (Å²) < 4.78 is 10.5. The van der Waals surface area contributed by atoms with Crippen LogP contribution in [0.3, 0.4) is 0 Å². The first-order valence-corrected chi connectivity index (χ1v) is 8.22. The Hall–Kier alpha value is -3.02. The highest BCUT2D eigenvalue weighted by Crippen LogP contribution is 2.31. The SMILES string of the molecule is CCOC(=O)Cc1ccc(NC(=O)N2CCOc3ccccc32)cc1. The molecule has 0 saturated carbocycles. The van der Waals surface area contributed by atoms with Crippen LogP contribution >= 0.6 is 0 Å². The van der Waals surface area contributed by atoms with Crippen LogP contribution in [0.25, 0.3) is 0 Å². The lowest BCUT2D eigenvalue weighted by molar-refractivity contribution is -0.142. The lowest BCUT2D eigenvalue weighted by Gasteiger charge is -2.29. The largest absolute Gasteiger partial charge is 0.490 e. The molecule has 1 aliphatic heterocycles. The fourth-order valence-corrected chi connectivity index (χ4v) is 2.66. The third kappa shape index (κ3) is 4.09. The Bertz CT molecular complexity index is 758. The normalized spacial score (nSPS) is 12.8. The zero-order chi connectivity index (χ0) is 17.6. The van der Waals surface area contributed by atoms with E-state index < -0.39 is 0 Å². The molecule has 0 aromatic heterocycles. The number of hydrogen-bond donors (Lipinski definition) is 1. The molecule has 1 aliphatic rings. The number of amides is 2. The Labute approximate surface area is 146 Å². The second-order valence-corrected chi connectivity index (χ2v) is 5.58. The zero-order valence-electron chi connectivity index (χ0n) is 14.0. The van der Waals surface area contributed by atoms with Crippen molar-refractivity contribution in [3.05, 3.63) is 54.1 Å². The molecule has 0 unspecified atom stereocenters.